The van der Waals surface area contributed by atoms with E-state index in [4.69, 9.17) is 0 Å². The quantitative estimate of drug-likeness (QED) is 0.418. The second-order valence-corrected chi connectivity index (χ2v) is 1.46. The first-order valence-electron chi connectivity index (χ1n) is 2.08. The van der Waals surface area contributed by atoms with Gasteiger partial charge in [-0.3, -0.25) is 0 Å². The summed E-state index contributed by atoms with van der Waals surface area (Å²) in [5, 5.41) is 0. The van der Waals surface area contributed by atoms with E-state index in [2.05, 4.69) is 19.1 Å². The molecular weight excluding hydrogens is 111 g/mol. The van der Waals surface area contributed by atoms with Crippen LogP contribution in [-0.2, 0) is 0 Å². The van der Waals surface area contributed by atoms with Gasteiger partial charge < -0.3 is 0 Å². The Morgan fingerprint density at radius 1 is 1.14 bits per heavy atom. The topological polar surface area (TPSA) is 0 Å². The molecule has 0 aromatic rings. The number of allylic oxidation sites excluding steroid dienone is 4. The molecule has 0 aliphatic heterocycles. The Bertz CT molecular complexity index is 80.4. The van der Waals surface area contributed by atoms with Crippen molar-refractivity contribution in [1.82, 2.24) is 0 Å². The molecule has 33 valence electrons. The molecule has 0 fully saturated rings. The zero-order valence-corrected chi connectivity index (χ0v) is 3.81. The van der Waals surface area contributed by atoms with Crippen LogP contribution in [0.1, 0.15) is 6.92 Å². The van der Waals surface area contributed by atoms with Gasteiger partial charge in [0.25, 0.3) is 0 Å². The Morgan fingerprint density at radius 2 is 1.57 bits per heavy atom. The van der Waals surface area contributed by atoms with E-state index < -0.39 is 0 Å². The predicted octanol–water partition coefficient (Wildman–Crippen LogP) is 1.06. The molecule has 0 spiro atoms. The number of hydrogen-bond donors (Lipinski definition) is 0. The molecule has 0 heterocycles. The normalized spacial score (nSPS) is 17.3. The monoisotopic (exact) mass is 119 g/mol. The molecule has 0 amide bonds. The molecule has 0 N–H and O–H groups in total. The third-order valence-corrected chi connectivity index (χ3v) is 0.829. The number of hydrogen-bond acceptors (Lipinski definition) is 0. The van der Waals surface area contributed by atoms with Gasteiger partial charge in [0, 0.05) is 5.92 Å². The van der Waals surface area contributed by atoms with Crippen molar-refractivity contribution in [1.29, 1.82) is 0 Å². The van der Waals surface area contributed by atoms with Crippen molar-refractivity contribution in [2.75, 3.05) is 0 Å². The molecule has 0 atom stereocenters. The van der Waals surface area contributed by atoms with E-state index in [-0.39, 0.29) is 51.4 Å². The minimum absolute atomic E-state index is 0. The van der Waals surface area contributed by atoms with Gasteiger partial charge in [-0.25, -0.2) is 0 Å². The van der Waals surface area contributed by atoms with Crippen LogP contribution in [-0.4, -0.2) is 51.4 Å². The van der Waals surface area contributed by atoms with E-state index in [1.165, 1.54) is 5.92 Å². The van der Waals surface area contributed by atoms with Gasteiger partial charge in [-0.2, -0.15) is 0 Å². The van der Waals surface area contributed by atoms with Crippen LogP contribution in [0.25, 0.3) is 0 Å². The molecule has 0 saturated carbocycles. The van der Waals surface area contributed by atoms with Crippen LogP contribution in [0.15, 0.2) is 24.3 Å². The Kier molecular flexibility index (Phi) is 4.69. The SMILES string of the molecule is C[C]1C=CC=C1.[KH]. The molecule has 0 bridgehead atoms. The van der Waals surface area contributed by atoms with E-state index in [1.807, 2.05) is 12.2 Å². The van der Waals surface area contributed by atoms with E-state index in [9.17, 15) is 0 Å². The van der Waals surface area contributed by atoms with Crippen LogP contribution in [0.5, 0.6) is 0 Å². The van der Waals surface area contributed by atoms with Crippen LogP contribution in [0.3, 0.4) is 0 Å². The van der Waals surface area contributed by atoms with E-state index in [0.717, 1.165) is 0 Å². The first-order chi connectivity index (χ1) is 2.89. The molecule has 0 aromatic carbocycles. The van der Waals surface area contributed by atoms with Gasteiger partial charge >= 0.3 is 51.4 Å². The summed E-state index contributed by atoms with van der Waals surface area (Å²) in [6.45, 7) is 2.08. The first-order valence-corrected chi connectivity index (χ1v) is 2.08. The van der Waals surface area contributed by atoms with Gasteiger partial charge in [0.2, 0.25) is 0 Å². The van der Waals surface area contributed by atoms with Gasteiger partial charge in [-0.1, -0.05) is 31.2 Å². The van der Waals surface area contributed by atoms with Gasteiger partial charge in [-0.15, -0.1) is 0 Å². The third-order valence-electron chi connectivity index (χ3n) is 0.829. The summed E-state index contributed by atoms with van der Waals surface area (Å²) in [6.07, 6.45) is 8.24. The van der Waals surface area contributed by atoms with Crippen LogP contribution in [0.4, 0.5) is 0 Å². The van der Waals surface area contributed by atoms with Gasteiger partial charge in [-0.05, 0) is 0 Å². The van der Waals surface area contributed by atoms with E-state index in [1.54, 1.807) is 0 Å². The summed E-state index contributed by atoms with van der Waals surface area (Å²) in [5.74, 6) is 1.34. The van der Waals surface area contributed by atoms with Crippen LogP contribution >= 0.6 is 0 Å². The Hall–Kier alpha value is 1.12. The van der Waals surface area contributed by atoms with Crippen molar-refractivity contribution in [2.45, 2.75) is 6.92 Å². The van der Waals surface area contributed by atoms with Crippen LogP contribution in [0, 0.1) is 5.92 Å². The van der Waals surface area contributed by atoms with E-state index in [0.29, 0.717) is 0 Å². The average molecular weight is 119 g/mol. The maximum atomic E-state index is 2.08. The molecule has 0 aromatic heterocycles. The molecule has 1 radical (unpaired) electrons. The Morgan fingerprint density at radius 3 is 1.71 bits per heavy atom. The minimum atomic E-state index is 0. The molecule has 0 unspecified atom stereocenters. The summed E-state index contributed by atoms with van der Waals surface area (Å²) in [4.78, 5) is 0. The Balaban J connectivity index is 0.000000360. The summed E-state index contributed by atoms with van der Waals surface area (Å²) in [7, 11) is 0. The summed E-state index contributed by atoms with van der Waals surface area (Å²) < 4.78 is 0. The molecule has 1 aliphatic carbocycles. The summed E-state index contributed by atoms with van der Waals surface area (Å²) >= 11 is 0. The predicted molar refractivity (Wildman–Crippen MR) is 34.3 cm³/mol. The van der Waals surface area contributed by atoms with Crippen LogP contribution in [0.2, 0.25) is 0 Å². The van der Waals surface area contributed by atoms with Gasteiger partial charge in [0.1, 0.15) is 0 Å². The molecular formula is C6H8K. The summed E-state index contributed by atoms with van der Waals surface area (Å²) in [5.41, 5.74) is 0. The van der Waals surface area contributed by atoms with Crippen molar-refractivity contribution in [2.24, 2.45) is 0 Å². The molecule has 0 saturated heterocycles. The maximum absolute atomic E-state index is 2.08. The van der Waals surface area contributed by atoms with Crippen molar-refractivity contribution in [3.63, 3.8) is 0 Å². The van der Waals surface area contributed by atoms with Gasteiger partial charge in [0.15, 0.2) is 0 Å². The van der Waals surface area contributed by atoms with Crippen LogP contribution < -0.4 is 0 Å². The fourth-order valence-electron chi connectivity index (χ4n) is 0.470. The van der Waals surface area contributed by atoms with Crippen molar-refractivity contribution >= 4 is 51.4 Å². The molecule has 1 rings (SSSR count). The molecule has 7 heavy (non-hydrogen) atoms. The molecule has 1 aliphatic rings. The second-order valence-electron chi connectivity index (χ2n) is 1.46. The Labute approximate surface area is 87.1 Å². The fourth-order valence-corrected chi connectivity index (χ4v) is 0.470. The standard InChI is InChI=1S/C6H7.K.H/c1-6-4-2-3-5-6;;/h2-5H,1H3;;. The third kappa shape index (κ3) is 2.83. The first kappa shape index (κ1) is 8.12. The molecule has 1 heteroatoms. The zero-order chi connectivity index (χ0) is 4.41. The van der Waals surface area contributed by atoms with Gasteiger partial charge in [0.05, 0.1) is 0 Å². The average Bonchev–Trinajstić information content (AvgIpc) is 1.86. The summed E-state index contributed by atoms with van der Waals surface area (Å²) in [6, 6.07) is 0. The second kappa shape index (κ2) is 4.04. The molecule has 0 nitrogen and oxygen atoms in total. The van der Waals surface area contributed by atoms with Crippen molar-refractivity contribution < 1.29 is 0 Å². The van der Waals surface area contributed by atoms with E-state index >= 15 is 0 Å². The van der Waals surface area contributed by atoms with Crippen molar-refractivity contribution in [3.8, 4) is 0 Å². The van der Waals surface area contributed by atoms with Crippen molar-refractivity contribution in [3.05, 3.63) is 30.2 Å². The zero-order valence-electron chi connectivity index (χ0n) is 3.81. The fraction of sp³-hybridized carbons (Fsp3) is 0.167. The number of rotatable bonds is 0.